The van der Waals surface area contributed by atoms with E-state index >= 15 is 0 Å². The zero-order chi connectivity index (χ0) is 5.40. The summed E-state index contributed by atoms with van der Waals surface area (Å²) in [7, 11) is 0. The minimum absolute atomic E-state index is 0.907. The average Bonchev–Trinajstić information content (AvgIpc) is 2.15. The molecule has 0 amide bonds. The van der Waals surface area contributed by atoms with Crippen molar-refractivity contribution in [2.75, 3.05) is 0 Å². The molecule has 1 N–H and O–H groups in total. The van der Waals surface area contributed by atoms with Crippen molar-refractivity contribution in [3.05, 3.63) is 24.7 Å². The van der Waals surface area contributed by atoms with E-state index in [0.717, 1.165) is 5.65 Å². The summed E-state index contributed by atoms with van der Waals surface area (Å²) in [6.45, 7) is 0. The van der Waals surface area contributed by atoms with Crippen molar-refractivity contribution in [1.29, 1.82) is 0 Å². The maximum absolute atomic E-state index is 3.89. The highest BCUT2D eigenvalue weighted by Gasteiger charge is 1.87. The Morgan fingerprint density at radius 2 is 2.75 bits per heavy atom. The number of imidazole rings is 1. The maximum Gasteiger partial charge on any atom is 0.153 e. The molecular formula is C5H4N3. The molecule has 3 nitrogen and oxygen atoms in total. The highest BCUT2D eigenvalue weighted by molar-refractivity contribution is 5.34. The van der Waals surface area contributed by atoms with Gasteiger partial charge in [0.25, 0.3) is 0 Å². The highest BCUT2D eigenvalue weighted by Crippen LogP contribution is 1.93. The molecule has 0 saturated carbocycles. The van der Waals surface area contributed by atoms with E-state index in [0.29, 0.717) is 0 Å². The first kappa shape index (κ1) is 3.72. The number of rotatable bonds is 0. The normalized spacial score (nSPS) is 10.5. The van der Waals surface area contributed by atoms with Crippen LogP contribution in [0.3, 0.4) is 0 Å². The average molecular weight is 106 g/mol. The molecule has 0 aliphatic heterocycles. The van der Waals surface area contributed by atoms with Gasteiger partial charge in [0.2, 0.25) is 0 Å². The molecule has 8 heavy (non-hydrogen) atoms. The lowest BCUT2D eigenvalue weighted by molar-refractivity contribution is 0.973. The van der Waals surface area contributed by atoms with E-state index in [-0.39, 0.29) is 0 Å². The number of fused-ring (bicyclic) bond motifs is 1. The fourth-order valence-electron chi connectivity index (χ4n) is 0.686. The van der Waals surface area contributed by atoms with Crippen molar-refractivity contribution >= 4 is 5.65 Å². The van der Waals surface area contributed by atoms with Gasteiger partial charge >= 0.3 is 0 Å². The first-order chi connectivity index (χ1) is 3.97. The van der Waals surface area contributed by atoms with Gasteiger partial charge in [-0.25, -0.2) is 9.50 Å². The molecular weight excluding hydrogens is 102 g/mol. The molecule has 3 heteroatoms. The molecule has 0 saturated heterocycles. The van der Waals surface area contributed by atoms with Gasteiger partial charge in [0.15, 0.2) is 5.65 Å². The van der Waals surface area contributed by atoms with Crippen LogP contribution in [-0.2, 0) is 0 Å². The standard InChI is InChI=1S/C5H4N3/c1-2-7-8-4-3-6-5(1)8/h1-2,4,7H. The minimum Gasteiger partial charge on any atom is -0.300 e. The number of hydrogen-bond acceptors (Lipinski definition) is 1. The van der Waals surface area contributed by atoms with Gasteiger partial charge in [-0.2, -0.15) is 0 Å². The fraction of sp³-hybridized carbons (Fsp3) is 0. The Balaban J connectivity index is 3.06. The summed E-state index contributed by atoms with van der Waals surface area (Å²) in [6, 6.07) is 1.89. The van der Waals surface area contributed by atoms with Crippen LogP contribution in [0.2, 0.25) is 0 Å². The predicted octanol–water partition coefficient (Wildman–Crippen LogP) is 0.463. The van der Waals surface area contributed by atoms with E-state index in [1.807, 2.05) is 12.3 Å². The van der Waals surface area contributed by atoms with Gasteiger partial charge in [-0.05, 0) is 0 Å². The van der Waals surface area contributed by atoms with Gasteiger partial charge in [0.1, 0.15) is 6.20 Å². The van der Waals surface area contributed by atoms with E-state index in [1.54, 1.807) is 10.7 Å². The molecule has 0 unspecified atom stereocenters. The van der Waals surface area contributed by atoms with Crippen LogP contribution >= 0.6 is 0 Å². The third kappa shape index (κ3) is 0.307. The van der Waals surface area contributed by atoms with Gasteiger partial charge < -0.3 is 5.10 Å². The summed E-state index contributed by atoms with van der Waals surface area (Å²) < 4.78 is 1.79. The smallest absolute Gasteiger partial charge is 0.153 e. The molecule has 0 atom stereocenters. The molecule has 2 aromatic heterocycles. The van der Waals surface area contributed by atoms with Gasteiger partial charge in [0, 0.05) is 12.3 Å². The third-order valence-electron chi connectivity index (χ3n) is 1.06. The topological polar surface area (TPSA) is 33.1 Å². The van der Waals surface area contributed by atoms with Crippen LogP contribution in [0.15, 0.2) is 18.5 Å². The molecule has 0 bridgehead atoms. The molecule has 0 aromatic carbocycles. The molecule has 0 spiro atoms. The highest BCUT2D eigenvalue weighted by atomic mass is 15.2. The predicted molar refractivity (Wildman–Crippen MR) is 28.4 cm³/mol. The molecule has 0 aliphatic rings. The van der Waals surface area contributed by atoms with Crippen LogP contribution in [-0.4, -0.2) is 14.6 Å². The Morgan fingerprint density at radius 3 is 3.62 bits per heavy atom. The summed E-state index contributed by atoms with van der Waals surface area (Å²) in [5.74, 6) is 0. The fourth-order valence-corrected chi connectivity index (χ4v) is 0.686. The molecule has 39 valence electrons. The number of aromatic nitrogens is 3. The first-order valence-electron chi connectivity index (χ1n) is 2.35. The van der Waals surface area contributed by atoms with Crippen LogP contribution in [0.4, 0.5) is 0 Å². The molecule has 0 fully saturated rings. The monoisotopic (exact) mass is 106 g/mol. The van der Waals surface area contributed by atoms with Gasteiger partial charge in [-0.15, -0.1) is 0 Å². The second-order valence-electron chi connectivity index (χ2n) is 1.56. The Kier molecular flexibility index (Phi) is 0.521. The number of aromatic amines is 1. The van der Waals surface area contributed by atoms with Crippen LogP contribution in [0, 0.1) is 6.20 Å². The Hall–Kier alpha value is -1.25. The largest absolute Gasteiger partial charge is 0.300 e. The van der Waals surface area contributed by atoms with E-state index in [4.69, 9.17) is 0 Å². The summed E-state index contributed by atoms with van der Waals surface area (Å²) in [4.78, 5) is 3.89. The molecule has 2 aromatic rings. The maximum atomic E-state index is 3.89. The van der Waals surface area contributed by atoms with Gasteiger partial charge in [-0.3, -0.25) is 0 Å². The number of H-pyrrole nitrogens is 1. The quantitative estimate of drug-likeness (QED) is 0.520. The zero-order valence-corrected chi connectivity index (χ0v) is 4.13. The SMILES string of the molecule is [c]1cn2[nH]ccc2n1. The zero-order valence-electron chi connectivity index (χ0n) is 4.13. The number of nitrogens with zero attached hydrogens (tertiary/aromatic N) is 2. The second-order valence-corrected chi connectivity index (χ2v) is 1.56. The molecule has 2 heterocycles. The van der Waals surface area contributed by atoms with Crippen molar-refractivity contribution in [1.82, 2.24) is 14.6 Å². The first-order valence-corrected chi connectivity index (χ1v) is 2.35. The van der Waals surface area contributed by atoms with Crippen molar-refractivity contribution < 1.29 is 0 Å². The lowest BCUT2D eigenvalue weighted by Crippen LogP contribution is -1.75. The number of hydrogen-bond donors (Lipinski definition) is 1. The van der Waals surface area contributed by atoms with E-state index < -0.39 is 0 Å². The van der Waals surface area contributed by atoms with E-state index in [1.165, 1.54) is 0 Å². The molecule has 1 radical (unpaired) electrons. The lowest BCUT2D eigenvalue weighted by Gasteiger charge is -1.74. The molecule has 2 rings (SSSR count). The minimum atomic E-state index is 0.907. The summed E-state index contributed by atoms with van der Waals surface area (Å²) in [5.41, 5.74) is 0.907. The Labute approximate surface area is 45.9 Å². The van der Waals surface area contributed by atoms with Crippen LogP contribution in [0.25, 0.3) is 5.65 Å². The summed E-state index contributed by atoms with van der Waals surface area (Å²) in [6.07, 6.45) is 6.27. The third-order valence-corrected chi connectivity index (χ3v) is 1.06. The summed E-state index contributed by atoms with van der Waals surface area (Å²) in [5, 5.41) is 2.92. The van der Waals surface area contributed by atoms with Gasteiger partial charge in [-0.1, -0.05) is 0 Å². The van der Waals surface area contributed by atoms with Gasteiger partial charge in [0.05, 0.1) is 6.20 Å². The Morgan fingerprint density at radius 1 is 1.75 bits per heavy atom. The molecule has 0 aliphatic carbocycles. The van der Waals surface area contributed by atoms with Crippen LogP contribution in [0.1, 0.15) is 0 Å². The summed E-state index contributed by atoms with van der Waals surface area (Å²) >= 11 is 0. The van der Waals surface area contributed by atoms with Crippen molar-refractivity contribution in [2.24, 2.45) is 0 Å². The van der Waals surface area contributed by atoms with E-state index in [2.05, 4.69) is 16.3 Å². The van der Waals surface area contributed by atoms with Crippen molar-refractivity contribution in [3.63, 3.8) is 0 Å². The van der Waals surface area contributed by atoms with Crippen LogP contribution in [0.5, 0.6) is 0 Å². The van der Waals surface area contributed by atoms with Crippen LogP contribution < -0.4 is 0 Å². The van der Waals surface area contributed by atoms with Crippen molar-refractivity contribution in [3.8, 4) is 0 Å². The Bertz CT molecular complexity index is 229. The second kappa shape index (κ2) is 1.12. The van der Waals surface area contributed by atoms with Crippen molar-refractivity contribution in [2.45, 2.75) is 0 Å². The number of nitrogens with one attached hydrogen (secondary N) is 1. The van der Waals surface area contributed by atoms with E-state index in [9.17, 15) is 0 Å². The lowest BCUT2D eigenvalue weighted by atomic mass is 10.7.